The molecule has 0 aliphatic heterocycles. The lowest BCUT2D eigenvalue weighted by Gasteiger charge is -2.13. The first-order valence-corrected chi connectivity index (χ1v) is 6.46. The SMILES string of the molecule is COc1ccc(OC)c(NCc2ccc(OC)c(F)c2)c1. The first-order valence-electron chi connectivity index (χ1n) is 6.46. The van der Waals surface area contributed by atoms with Gasteiger partial charge in [0.15, 0.2) is 11.6 Å². The molecule has 2 rings (SSSR count). The smallest absolute Gasteiger partial charge is 0.165 e. The molecule has 0 amide bonds. The van der Waals surface area contributed by atoms with Gasteiger partial charge >= 0.3 is 0 Å². The Kier molecular flexibility index (Phi) is 4.87. The van der Waals surface area contributed by atoms with Crippen LogP contribution < -0.4 is 19.5 Å². The first-order chi connectivity index (χ1) is 10.2. The van der Waals surface area contributed by atoms with Crippen LogP contribution in [-0.2, 0) is 6.54 Å². The summed E-state index contributed by atoms with van der Waals surface area (Å²) in [5.41, 5.74) is 1.59. The van der Waals surface area contributed by atoms with Gasteiger partial charge < -0.3 is 19.5 Å². The fourth-order valence-corrected chi connectivity index (χ4v) is 1.97. The number of ether oxygens (including phenoxy) is 3. The largest absolute Gasteiger partial charge is 0.497 e. The van der Waals surface area contributed by atoms with Crippen molar-refractivity contribution in [3.63, 3.8) is 0 Å². The number of halogens is 1. The van der Waals surface area contributed by atoms with Gasteiger partial charge in [-0.25, -0.2) is 4.39 Å². The molecule has 0 spiro atoms. The molecule has 4 nitrogen and oxygen atoms in total. The standard InChI is InChI=1S/C16H18FNO3/c1-19-12-5-7-16(21-3)14(9-12)18-10-11-4-6-15(20-2)13(17)8-11/h4-9,18H,10H2,1-3H3. The van der Waals surface area contributed by atoms with Gasteiger partial charge in [-0.1, -0.05) is 6.07 Å². The summed E-state index contributed by atoms with van der Waals surface area (Å²) in [5.74, 6) is 1.27. The van der Waals surface area contributed by atoms with Gasteiger partial charge in [-0.05, 0) is 29.8 Å². The van der Waals surface area contributed by atoms with E-state index >= 15 is 0 Å². The molecule has 0 aliphatic rings. The Labute approximate surface area is 123 Å². The van der Waals surface area contributed by atoms with Crippen LogP contribution in [0.1, 0.15) is 5.56 Å². The quantitative estimate of drug-likeness (QED) is 0.884. The number of anilines is 1. The van der Waals surface area contributed by atoms with E-state index < -0.39 is 0 Å². The summed E-state index contributed by atoms with van der Waals surface area (Å²) in [6.45, 7) is 0.463. The molecule has 0 saturated carbocycles. The number of nitrogens with one attached hydrogen (secondary N) is 1. The first kappa shape index (κ1) is 15.0. The highest BCUT2D eigenvalue weighted by Gasteiger charge is 2.07. The van der Waals surface area contributed by atoms with Crippen LogP contribution in [0.3, 0.4) is 0 Å². The summed E-state index contributed by atoms with van der Waals surface area (Å²) >= 11 is 0. The molecule has 2 aromatic carbocycles. The zero-order chi connectivity index (χ0) is 15.2. The number of methoxy groups -OCH3 is 3. The molecule has 21 heavy (non-hydrogen) atoms. The monoisotopic (exact) mass is 291 g/mol. The van der Waals surface area contributed by atoms with Crippen molar-refractivity contribution in [3.05, 3.63) is 47.8 Å². The fourth-order valence-electron chi connectivity index (χ4n) is 1.97. The van der Waals surface area contributed by atoms with Crippen molar-refractivity contribution in [1.29, 1.82) is 0 Å². The summed E-state index contributed by atoms with van der Waals surface area (Å²) in [5, 5.41) is 3.21. The molecule has 0 aromatic heterocycles. The van der Waals surface area contributed by atoms with E-state index in [0.29, 0.717) is 12.3 Å². The molecule has 0 aliphatic carbocycles. The van der Waals surface area contributed by atoms with Crippen LogP contribution in [0.15, 0.2) is 36.4 Å². The molecule has 2 aromatic rings. The molecular formula is C16H18FNO3. The average Bonchev–Trinajstić information content (AvgIpc) is 2.52. The van der Waals surface area contributed by atoms with Crippen LogP contribution in [-0.4, -0.2) is 21.3 Å². The number of hydrogen-bond acceptors (Lipinski definition) is 4. The lowest BCUT2D eigenvalue weighted by atomic mass is 10.2. The van der Waals surface area contributed by atoms with Crippen LogP contribution in [0.5, 0.6) is 17.2 Å². The van der Waals surface area contributed by atoms with Crippen LogP contribution >= 0.6 is 0 Å². The van der Waals surface area contributed by atoms with Gasteiger partial charge in [-0.2, -0.15) is 0 Å². The van der Waals surface area contributed by atoms with Crippen LogP contribution in [0, 0.1) is 5.82 Å². The Balaban J connectivity index is 2.13. The molecule has 0 radical (unpaired) electrons. The second kappa shape index (κ2) is 6.83. The predicted molar refractivity (Wildman–Crippen MR) is 79.8 cm³/mol. The minimum absolute atomic E-state index is 0.234. The molecule has 0 atom stereocenters. The Morgan fingerprint density at radius 2 is 1.62 bits per heavy atom. The highest BCUT2D eigenvalue weighted by atomic mass is 19.1. The maximum Gasteiger partial charge on any atom is 0.165 e. The second-order valence-corrected chi connectivity index (χ2v) is 4.39. The van der Waals surface area contributed by atoms with Gasteiger partial charge in [0, 0.05) is 12.6 Å². The van der Waals surface area contributed by atoms with Gasteiger partial charge in [-0.3, -0.25) is 0 Å². The van der Waals surface area contributed by atoms with Gasteiger partial charge in [-0.15, -0.1) is 0 Å². The summed E-state index contributed by atoms with van der Waals surface area (Å²) < 4.78 is 29.0. The maximum atomic E-state index is 13.6. The second-order valence-electron chi connectivity index (χ2n) is 4.39. The molecule has 0 unspecified atom stereocenters. The van der Waals surface area contributed by atoms with Crippen molar-refractivity contribution in [2.45, 2.75) is 6.54 Å². The highest BCUT2D eigenvalue weighted by Crippen LogP contribution is 2.29. The fraction of sp³-hybridized carbons (Fsp3) is 0.250. The van der Waals surface area contributed by atoms with Gasteiger partial charge in [0.25, 0.3) is 0 Å². The topological polar surface area (TPSA) is 39.7 Å². The maximum absolute atomic E-state index is 13.6. The van der Waals surface area contributed by atoms with Crippen molar-refractivity contribution >= 4 is 5.69 Å². The van der Waals surface area contributed by atoms with E-state index in [0.717, 1.165) is 17.0 Å². The van der Waals surface area contributed by atoms with E-state index in [2.05, 4.69) is 5.32 Å². The molecule has 0 bridgehead atoms. The third-order valence-corrected chi connectivity index (χ3v) is 3.11. The molecule has 1 N–H and O–H groups in total. The minimum atomic E-state index is -0.380. The van der Waals surface area contributed by atoms with Gasteiger partial charge in [0.05, 0.1) is 27.0 Å². The minimum Gasteiger partial charge on any atom is -0.497 e. The number of rotatable bonds is 6. The van der Waals surface area contributed by atoms with Crippen molar-refractivity contribution in [1.82, 2.24) is 0 Å². The lowest BCUT2D eigenvalue weighted by molar-refractivity contribution is 0.386. The van der Waals surface area contributed by atoms with E-state index in [4.69, 9.17) is 14.2 Å². The van der Waals surface area contributed by atoms with E-state index in [1.54, 1.807) is 20.3 Å². The van der Waals surface area contributed by atoms with Gasteiger partial charge in [0.1, 0.15) is 11.5 Å². The number of benzene rings is 2. The van der Waals surface area contributed by atoms with Gasteiger partial charge in [0.2, 0.25) is 0 Å². The third kappa shape index (κ3) is 3.56. The lowest BCUT2D eigenvalue weighted by Crippen LogP contribution is -2.02. The molecule has 0 saturated heterocycles. The van der Waals surface area contributed by atoms with Crippen LogP contribution in [0.25, 0.3) is 0 Å². The van der Waals surface area contributed by atoms with Crippen LogP contribution in [0.4, 0.5) is 10.1 Å². The Morgan fingerprint density at radius 1 is 0.905 bits per heavy atom. The van der Waals surface area contributed by atoms with Crippen molar-refractivity contribution in [3.8, 4) is 17.2 Å². The zero-order valence-corrected chi connectivity index (χ0v) is 12.3. The van der Waals surface area contributed by atoms with Crippen molar-refractivity contribution in [2.75, 3.05) is 26.6 Å². The highest BCUT2D eigenvalue weighted by molar-refractivity contribution is 5.60. The summed E-state index contributed by atoms with van der Waals surface area (Å²) in [4.78, 5) is 0. The molecule has 0 fully saturated rings. The van der Waals surface area contributed by atoms with Crippen LogP contribution in [0.2, 0.25) is 0 Å². The normalized spacial score (nSPS) is 10.1. The van der Waals surface area contributed by atoms with E-state index in [9.17, 15) is 4.39 Å². The number of hydrogen-bond donors (Lipinski definition) is 1. The molecular weight excluding hydrogens is 273 g/mol. The zero-order valence-electron chi connectivity index (χ0n) is 12.3. The predicted octanol–water partition coefficient (Wildman–Crippen LogP) is 3.46. The van der Waals surface area contributed by atoms with Crippen molar-refractivity contribution < 1.29 is 18.6 Å². The third-order valence-electron chi connectivity index (χ3n) is 3.11. The molecule has 112 valence electrons. The molecule has 5 heteroatoms. The van der Waals surface area contributed by atoms with E-state index in [1.165, 1.54) is 13.2 Å². The Hall–Kier alpha value is -2.43. The summed E-state index contributed by atoms with van der Waals surface area (Å²) in [7, 11) is 4.64. The average molecular weight is 291 g/mol. The Morgan fingerprint density at radius 3 is 2.24 bits per heavy atom. The summed E-state index contributed by atoms with van der Waals surface area (Å²) in [6, 6.07) is 10.3. The Bertz CT molecular complexity index is 616. The van der Waals surface area contributed by atoms with E-state index in [1.807, 2.05) is 24.3 Å². The summed E-state index contributed by atoms with van der Waals surface area (Å²) in [6.07, 6.45) is 0. The van der Waals surface area contributed by atoms with E-state index in [-0.39, 0.29) is 11.6 Å². The molecule has 0 heterocycles. The van der Waals surface area contributed by atoms with Crippen molar-refractivity contribution in [2.24, 2.45) is 0 Å².